The van der Waals surface area contributed by atoms with Gasteiger partial charge in [-0.15, -0.1) is 0 Å². The van der Waals surface area contributed by atoms with E-state index in [9.17, 15) is 10.1 Å². The molecule has 2 aromatic carbocycles. The number of nitrogens with one attached hydrogen (secondary N) is 1. The van der Waals surface area contributed by atoms with E-state index < -0.39 is 5.91 Å². The highest BCUT2D eigenvalue weighted by Gasteiger charge is 2.10. The molecule has 0 atom stereocenters. The van der Waals surface area contributed by atoms with E-state index in [1.807, 2.05) is 61.5 Å². The van der Waals surface area contributed by atoms with Crippen LogP contribution in [-0.4, -0.2) is 12.5 Å². The molecule has 0 unspecified atom stereocenters. The van der Waals surface area contributed by atoms with Crippen LogP contribution in [0.3, 0.4) is 0 Å². The summed E-state index contributed by atoms with van der Waals surface area (Å²) in [6, 6.07) is 16.9. The van der Waals surface area contributed by atoms with Gasteiger partial charge >= 0.3 is 0 Å². The number of ether oxygens (including phenoxy) is 1. The molecule has 0 saturated heterocycles. The van der Waals surface area contributed by atoms with Crippen molar-refractivity contribution in [1.29, 1.82) is 5.26 Å². The number of amides is 1. The molecule has 0 bridgehead atoms. The second-order valence-corrected chi connectivity index (χ2v) is 7.12. The van der Waals surface area contributed by atoms with E-state index >= 15 is 0 Å². The summed E-state index contributed by atoms with van der Waals surface area (Å²) in [7, 11) is 0. The van der Waals surface area contributed by atoms with Crippen LogP contribution >= 0.6 is 0 Å². The topological polar surface area (TPSA) is 62.1 Å². The van der Waals surface area contributed by atoms with Crippen molar-refractivity contribution in [3.8, 4) is 11.8 Å². The molecular formula is C25H30N2O2. The van der Waals surface area contributed by atoms with Gasteiger partial charge in [0.25, 0.3) is 5.91 Å². The number of para-hydroxylation sites is 1. The van der Waals surface area contributed by atoms with Gasteiger partial charge in [-0.05, 0) is 48.7 Å². The lowest BCUT2D eigenvalue weighted by molar-refractivity contribution is -0.112. The molecule has 152 valence electrons. The SMILES string of the molecule is CCCCCCCCOc1ccc(/C=C(/C#N)C(=O)Nc2ccccc2C)cc1. The first-order chi connectivity index (χ1) is 14.1. The largest absolute Gasteiger partial charge is 0.494 e. The third kappa shape index (κ3) is 7.83. The number of rotatable bonds is 11. The number of carbonyl (C=O) groups is 1. The highest BCUT2D eigenvalue weighted by atomic mass is 16.5. The van der Waals surface area contributed by atoms with Crippen LogP contribution in [0.1, 0.15) is 56.6 Å². The van der Waals surface area contributed by atoms with Crippen LogP contribution in [0.4, 0.5) is 5.69 Å². The van der Waals surface area contributed by atoms with Gasteiger partial charge in [0, 0.05) is 5.69 Å². The maximum absolute atomic E-state index is 12.4. The first kappa shape index (κ1) is 22.2. The summed E-state index contributed by atoms with van der Waals surface area (Å²) in [5.41, 5.74) is 2.50. The van der Waals surface area contributed by atoms with Crippen molar-refractivity contribution in [3.63, 3.8) is 0 Å². The number of benzene rings is 2. The number of hydrogen-bond acceptors (Lipinski definition) is 3. The van der Waals surface area contributed by atoms with E-state index in [1.165, 1.54) is 32.1 Å². The normalized spacial score (nSPS) is 11.0. The van der Waals surface area contributed by atoms with Gasteiger partial charge in [0.1, 0.15) is 17.4 Å². The van der Waals surface area contributed by atoms with Crippen LogP contribution in [0, 0.1) is 18.3 Å². The van der Waals surface area contributed by atoms with Crippen molar-refractivity contribution >= 4 is 17.7 Å². The van der Waals surface area contributed by atoms with Crippen LogP contribution in [-0.2, 0) is 4.79 Å². The summed E-state index contributed by atoms with van der Waals surface area (Å²) in [5, 5.41) is 12.2. The number of nitrogens with zero attached hydrogens (tertiary/aromatic N) is 1. The third-order valence-corrected chi connectivity index (χ3v) is 4.72. The van der Waals surface area contributed by atoms with E-state index in [2.05, 4.69) is 12.2 Å². The molecule has 4 heteroatoms. The second kappa shape index (κ2) is 12.4. The van der Waals surface area contributed by atoms with Gasteiger partial charge in [-0.1, -0.05) is 69.4 Å². The minimum atomic E-state index is -0.412. The number of unbranched alkanes of at least 4 members (excludes halogenated alkanes) is 5. The first-order valence-corrected chi connectivity index (χ1v) is 10.4. The Morgan fingerprint density at radius 2 is 1.72 bits per heavy atom. The van der Waals surface area contributed by atoms with Crippen molar-refractivity contribution in [3.05, 3.63) is 65.2 Å². The number of anilines is 1. The number of hydrogen-bond donors (Lipinski definition) is 1. The fourth-order valence-electron chi connectivity index (χ4n) is 2.95. The Labute approximate surface area is 174 Å². The Kier molecular flexibility index (Phi) is 9.51. The molecule has 0 aliphatic rings. The highest BCUT2D eigenvalue weighted by Crippen LogP contribution is 2.18. The molecule has 0 aromatic heterocycles. The van der Waals surface area contributed by atoms with Gasteiger partial charge in [0.2, 0.25) is 0 Å². The number of aryl methyl sites for hydroxylation is 1. The lowest BCUT2D eigenvalue weighted by atomic mass is 10.1. The molecule has 1 amide bonds. The fourth-order valence-corrected chi connectivity index (χ4v) is 2.95. The summed E-state index contributed by atoms with van der Waals surface area (Å²) in [4.78, 5) is 12.4. The summed E-state index contributed by atoms with van der Waals surface area (Å²) in [5.74, 6) is 0.392. The molecular weight excluding hydrogens is 360 g/mol. The van der Waals surface area contributed by atoms with Gasteiger partial charge in [-0.2, -0.15) is 5.26 Å². The van der Waals surface area contributed by atoms with Gasteiger partial charge in [-0.3, -0.25) is 4.79 Å². The fraction of sp³-hybridized carbons (Fsp3) is 0.360. The van der Waals surface area contributed by atoms with Gasteiger partial charge in [0.05, 0.1) is 6.61 Å². The zero-order valence-corrected chi connectivity index (χ0v) is 17.4. The Hall–Kier alpha value is -3.06. The van der Waals surface area contributed by atoms with E-state index in [0.29, 0.717) is 12.3 Å². The van der Waals surface area contributed by atoms with Gasteiger partial charge < -0.3 is 10.1 Å². The molecule has 0 fully saturated rings. The smallest absolute Gasteiger partial charge is 0.266 e. The minimum absolute atomic E-state index is 0.0639. The number of carbonyl (C=O) groups excluding carboxylic acids is 1. The van der Waals surface area contributed by atoms with Crippen LogP contribution in [0.25, 0.3) is 6.08 Å². The van der Waals surface area contributed by atoms with Gasteiger partial charge in [-0.25, -0.2) is 0 Å². The molecule has 2 aromatic rings. The van der Waals surface area contributed by atoms with Crippen molar-refractivity contribution in [2.24, 2.45) is 0 Å². The lowest BCUT2D eigenvalue weighted by Gasteiger charge is -2.08. The molecule has 2 rings (SSSR count). The summed E-state index contributed by atoms with van der Waals surface area (Å²) in [6.07, 6.45) is 8.98. The monoisotopic (exact) mass is 390 g/mol. The Morgan fingerprint density at radius 1 is 1.03 bits per heavy atom. The molecule has 29 heavy (non-hydrogen) atoms. The summed E-state index contributed by atoms with van der Waals surface area (Å²) in [6.45, 7) is 4.84. The zero-order valence-electron chi connectivity index (χ0n) is 17.4. The minimum Gasteiger partial charge on any atom is -0.494 e. The third-order valence-electron chi connectivity index (χ3n) is 4.72. The van der Waals surface area contributed by atoms with Crippen molar-refractivity contribution in [2.45, 2.75) is 52.4 Å². The maximum Gasteiger partial charge on any atom is 0.266 e. The maximum atomic E-state index is 12.4. The van der Waals surface area contributed by atoms with E-state index in [1.54, 1.807) is 6.08 Å². The average Bonchev–Trinajstić information content (AvgIpc) is 2.74. The highest BCUT2D eigenvalue weighted by molar-refractivity contribution is 6.09. The van der Waals surface area contributed by atoms with E-state index in [0.717, 1.165) is 23.3 Å². The summed E-state index contributed by atoms with van der Waals surface area (Å²) >= 11 is 0. The van der Waals surface area contributed by atoms with Crippen LogP contribution in [0.2, 0.25) is 0 Å². The quantitative estimate of drug-likeness (QED) is 0.279. The Balaban J connectivity index is 1.87. The number of nitriles is 1. The Morgan fingerprint density at radius 3 is 2.41 bits per heavy atom. The predicted molar refractivity (Wildman–Crippen MR) is 119 cm³/mol. The second-order valence-electron chi connectivity index (χ2n) is 7.12. The van der Waals surface area contributed by atoms with E-state index in [-0.39, 0.29) is 5.57 Å². The molecule has 0 heterocycles. The van der Waals surface area contributed by atoms with Crippen LogP contribution in [0.15, 0.2) is 54.1 Å². The van der Waals surface area contributed by atoms with E-state index in [4.69, 9.17) is 4.74 Å². The molecule has 0 spiro atoms. The molecule has 1 N–H and O–H groups in total. The molecule has 0 aliphatic carbocycles. The first-order valence-electron chi connectivity index (χ1n) is 10.4. The van der Waals surface area contributed by atoms with Crippen LogP contribution < -0.4 is 10.1 Å². The predicted octanol–water partition coefficient (Wildman–Crippen LogP) is 6.28. The molecule has 4 nitrogen and oxygen atoms in total. The lowest BCUT2D eigenvalue weighted by Crippen LogP contribution is -2.14. The standard InChI is InChI=1S/C25H30N2O2/c1-3-4-5-6-7-10-17-29-23-15-13-21(14-16-23)18-22(19-26)25(28)27-24-12-9-8-11-20(24)2/h8-9,11-16,18H,3-7,10,17H2,1-2H3,(H,27,28)/b22-18-. The Bertz CT molecular complexity index is 848. The average molecular weight is 391 g/mol. The molecule has 0 radical (unpaired) electrons. The van der Waals surface area contributed by atoms with Crippen molar-refractivity contribution in [2.75, 3.05) is 11.9 Å². The molecule has 0 saturated carbocycles. The van der Waals surface area contributed by atoms with Crippen molar-refractivity contribution in [1.82, 2.24) is 0 Å². The van der Waals surface area contributed by atoms with Crippen LogP contribution in [0.5, 0.6) is 5.75 Å². The molecule has 0 aliphatic heterocycles. The van der Waals surface area contributed by atoms with Gasteiger partial charge in [0.15, 0.2) is 0 Å². The summed E-state index contributed by atoms with van der Waals surface area (Å²) < 4.78 is 5.77. The van der Waals surface area contributed by atoms with Crippen molar-refractivity contribution < 1.29 is 9.53 Å². The zero-order chi connectivity index (χ0) is 20.9.